The number of carbonyl (C=O) groups is 1. The van der Waals surface area contributed by atoms with Crippen LogP contribution in [0.5, 0.6) is 11.5 Å². The molecule has 1 aliphatic heterocycles. The van der Waals surface area contributed by atoms with E-state index >= 15 is 8.78 Å². The number of halogens is 2. The summed E-state index contributed by atoms with van der Waals surface area (Å²) in [7, 11) is 0. The maximum Gasteiger partial charge on any atom is 0.337 e. The molecular formula is C30H32F2O5. The van der Waals surface area contributed by atoms with Crippen LogP contribution in [0, 0.1) is 0 Å². The number of aryl methyl sites for hydroxylation is 1. The highest BCUT2D eigenvalue weighted by Gasteiger charge is 2.39. The van der Waals surface area contributed by atoms with Crippen LogP contribution in [0.1, 0.15) is 62.5 Å². The van der Waals surface area contributed by atoms with E-state index in [2.05, 4.69) is 0 Å². The fourth-order valence-electron chi connectivity index (χ4n) is 4.51. The minimum atomic E-state index is -3.33. The van der Waals surface area contributed by atoms with E-state index in [1.807, 2.05) is 36.4 Å². The smallest absolute Gasteiger partial charge is 0.337 e. The van der Waals surface area contributed by atoms with Gasteiger partial charge >= 0.3 is 5.97 Å². The van der Waals surface area contributed by atoms with E-state index in [9.17, 15) is 9.90 Å². The molecule has 0 amide bonds. The predicted octanol–water partition coefficient (Wildman–Crippen LogP) is 7.31. The van der Waals surface area contributed by atoms with Crippen molar-refractivity contribution >= 4 is 5.97 Å². The van der Waals surface area contributed by atoms with Gasteiger partial charge in [0, 0.05) is 23.6 Å². The molecule has 1 heterocycles. The van der Waals surface area contributed by atoms with Crippen LogP contribution in [-0.4, -0.2) is 23.3 Å². The number of carboxylic acids is 1. The molecule has 1 N–H and O–H groups in total. The van der Waals surface area contributed by atoms with Crippen LogP contribution in [0.15, 0.2) is 60.7 Å². The highest BCUT2D eigenvalue weighted by molar-refractivity contribution is 5.84. The number of benzene rings is 3. The molecule has 4 rings (SSSR count). The molecule has 0 saturated heterocycles. The summed E-state index contributed by atoms with van der Waals surface area (Å²) in [4.78, 5) is 12.5. The highest BCUT2D eigenvalue weighted by Crippen LogP contribution is 2.46. The molecule has 0 fully saturated rings. The summed E-state index contributed by atoms with van der Waals surface area (Å²) >= 11 is 0. The van der Waals surface area contributed by atoms with Crippen molar-refractivity contribution in [1.82, 2.24) is 0 Å². The molecule has 0 saturated carbocycles. The van der Waals surface area contributed by atoms with E-state index in [1.165, 1.54) is 12.1 Å². The summed E-state index contributed by atoms with van der Waals surface area (Å²) in [5.74, 6) is -3.65. The molecule has 0 spiro atoms. The summed E-state index contributed by atoms with van der Waals surface area (Å²) in [5.41, 5.74) is 1.22. The van der Waals surface area contributed by atoms with Crippen molar-refractivity contribution in [1.29, 1.82) is 0 Å². The summed E-state index contributed by atoms with van der Waals surface area (Å²) in [6.07, 6.45) is -0.0506. The Balaban J connectivity index is 1.97. The van der Waals surface area contributed by atoms with E-state index in [0.717, 1.165) is 36.6 Å². The fourth-order valence-corrected chi connectivity index (χ4v) is 4.51. The molecule has 3 aromatic rings. The maximum atomic E-state index is 15.0. The second-order valence-electron chi connectivity index (χ2n) is 10.3. The van der Waals surface area contributed by atoms with Gasteiger partial charge in [-0.2, -0.15) is 0 Å². The monoisotopic (exact) mass is 510 g/mol. The molecule has 5 nitrogen and oxygen atoms in total. The normalized spacial score (nSPS) is 14.4. The first-order valence-electron chi connectivity index (χ1n) is 12.3. The second kappa shape index (κ2) is 10.5. The van der Waals surface area contributed by atoms with Crippen molar-refractivity contribution in [2.24, 2.45) is 0 Å². The third-order valence-corrected chi connectivity index (χ3v) is 6.07. The number of rotatable bonds is 8. The Morgan fingerprint density at radius 1 is 1.05 bits per heavy atom. The molecule has 196 valence electrons. The average Bonchev–Trinajstić information content (AvgIpc) is 2.84. The van der Waals surface area contributed by atoms with E-state index in [0.29, 0.717) is 17.9 Å². The topological polar surface area (TPSA) is 65.0 Å². The first-order chi connectivity index (χ1) is 17.4. The molecule has 7 heteroatoms. The van der Waals surface area contributed by atoms with Gasteiger partial charge in [0.2, 0.25) is 0 Å². The van der Waals surface area contributed by atoms with Gasteiger partial charge in [0.05, 0.1) is 12.2 Å². The van der Waals surface area contributed by atoms with Crippen molar-refractivity contribution in [2.45, 2.75) is 64.8 Å². The number of hydrogen-bond acceptors (Lipinski definition) is 4. The summed E-state index contributed by atoms with van der Waals surface area (Å²) < 4.78 is 47.8. The van der Waals surface area contributed by atoms with Gasteiger partial charge in [0.15, 0.2) is 6.10 Å². The number of fused-ring (bicyclic) bond motifs is 1. The van der Waals surface area contributed by atoms with Crippen LogP contribution in [-0.2, 0) is 28.5 Å². The van der Waals surface area contributed by atoms with E-state index < -0.39 is 29.2 Å². The average molecular weight is 511 g/mol. The molecular weight excluding hydrogens is 478 g/mol. The van der Waals surface area contributed by atoms with E-state index in [-0.39, 0.29) is 17.7 Å². The van der Waals surface area contributed by atoms with Crippen LogP contribution in [0.25, 0.3) is 11.1 Å². The number of carboxylic acid groups (broad SMARTS) is 1. The lowest BCUT2D eigenvalue weighted by Gasteiger charge is -2.30. The van der Waals surface area contributed by atoms with Gasteiger partial charge in [-0.25, -0.2) is 13.6 Å². The van der Waals surface area contributed by atoms with Crippen LogP contribution in [0.4, 0.5) is 8.78 Å². The molecule has 0 aliphatic carbocycles. The van der Waals surface area contributed by atoms with Crippen molar-refractivity contribution in [3.63, 3.8) is 0 Å². The van der Waals surface area contributed by atoms with Gasteiger partial charge in [-0.3, -0.25) is 0 Å². The Hall–Kier alpha value is -3.45. The maximum absolute atomic E-state index is 15.0. The number of aliphatic carboxylic acids is 1. The fraction of sp³-hybridized carbons (Fsp3) is 0.367. The first kappa shape index (κ1) is 26.6. The molecule has 0 radical (unpaired) electrons. The molecule has 1 aliphatic rings. The van der Waals surface area contributed by atoms with Crippen LogP contribution < -0.4 is 9.47 Å². The zero-order valence-corrected chi connectivity index (χ0v) is 21.5. The van der Waals surface area contributed by atoms with Gasteiger partial charge in [0.1, 0.15) is 18.1 Å². The van der Waals surface area contributed by atoms with Gasteiger partial charge in [-0.15, -0.1) is 0 Å². The largest absolute Gasteiger partial charge is 0.493 e. The van der Waals surface area contributed by atoms with Crippen LogP contribution in [0.2, 0.25) is 0 Å². The number of alkyl halides is 2. The van der Waals surface area contributed by atoms with Crippen molar-refractivity contribution < 1.29 is 32.9 Å². The number of ether oxygens (including phenoxy) is 3. The summed E-state index contributed by atoms with van der Waals surface area (Å²) in [6.45, 7) is 6.63. The van der Waals surface area contributed by atoms with E-state index in [4.69, 9.17) is 14.2 Å². The Bertz CT molecular complexity index is 1260. The van der Waals surface area contributed by atoms with Gasteiger partial charge in [-0.1, -0.05) is 36.4 Å². The van der Waals surface area contributed by atoms with Crippen LogP contribution >= 0.6 is 0 Å². The molecule has 1 unspecified atom stereocenters. The SMILES string of the molecule is CC(C)(C)OC(C(=O)O)c1c(C(C)(F)F)ccc(OCc2ccccc2)c1-c1ccc2c(c1)CCCO2. The lowest BCUT2D eigenvalue weighted by atomic mass is 9.87. The van der Waals surface area contributed by atoms with Crippen molar-refractivity contribution in [3.05, 3.63) is 82.9 Å². The van der Waals surface area contributed by atoms with E-state index in [1.54, 1.807) is 32.9 Å². The summed E-state index contributed by atoms with van der Waals surface area (Å²) in [5, 5.41) is 10.2. The lowest BCUT2D eigenvalue weighted by Crippen LogP contribution is -2.29. The molecule has 37 heavy (non-hydrogen) atoms. The molecule has 0 bridgehead atoms. The predicted molar refractivity (Wildman–Crippen MR) is 137 cm³/mol. The van der Waals surface area contributed by atoms with Gasteiger partial charge in [-0.05, 0) is 74.6 Å². The lowest BCUT2D eigenvalue weighted by molar-refractivity contribution is -0.161. The molecule has 3 aromatic carbocycles. The van der Waals surface area contributed by atoms with Crippen molar-refractivity contribution in [3.8, 4) is 22.6 Å². The third-order valence-electron chi connectivity index (χ3n) is 6.07. The Morgan fingerprint density at radius 2 is 1.78 bits per heavy atom. The Labute approximate surface area is 216 Å². The minimum Gasteiger partial charge on any atom is -0.493 e. The Kier molecular flexibility index (Phi) is 7.55. The summed E-state index contributed by atoms with van der Waals surface area (Å²) in [6, 6.07) is 17.6. The first-order valence-corrected chi connectivity index (χ1v) is 12.3. The zero-order chi connectivity index (χ0) is 26.8. The van der Waals surface area contributed by atoms with Gasteiger partial charge < -0.3 is 19.3 Å². The van der Waals surface area contributed by atoms with Crippen molar-refractivity contribution in [2.75, 3.05) is 6.61 Å². The Morgan fingerprint density at radius 3 is 2.43 bits per heavy atom. The molecule has 1 atom stereocenters. The number of hydrogen-bond donors (Lipinski definition) is 1. The zero-order valence-electron chi connectivity index (χ0n) is 21.5. The quantitative estimate of drug-likeness (QED) is 0.344. The van der Waals surface area contributed by atoms with Crippen LogP contribution in [0.3, 0.4) is 0 Å². The minimum absolute atomic E-state index is 0.114. The molecule has 0 aromatic heterocycles. The highest BCUT2D eigenvalue weighted by atomic mass is 19.3. The second-order valence-corrected chi connectivity index (χ2v) is 10.3. The standard InChI is InChI=1S/C30H32F2O5/c1-29(2,3)37-27(28(33)34)26-22(30(4,31)32)13-15-24(36-18-19-9-6-5-7-10-19)25(26)21-12-14-23-20(17-21)11-8-16-35-23/h5-7,9-10,12-15,17,27H,8,11,16,18H2,1-4H3,(H,33,34). The third kappa shape index (κ3) is 6.28. The van der Waals surface area contributed by atoms with Gasteiger partial charge in [0.25, 0.3) is 5.92 Å².